The summed E-state index contributed by atoms with van der Waals surface area (Å²) >= 11 is 0. The molecule has 0 spiro atoms. The molecule has 0 aliphatic heterocycles. The minimum absolute atomic E-state index is 0.0171. The minimum Gasteiger partial charge on any atom is -0.352 e. The molecule has 0 aromatic carbocycles. The number of rotatable bonds is 4. The Hall–Kier alpha value is -0.570. The van der Waals surface area contributed by atoms with Crippen LogP contribution < -0.4 is 11.1 Å². The fraction of sp³-hybridized carbons (Fsp3) is 0.944. The van der Waals surface area contributed by atoms with Gasteiger partial charge in [0.15, 0.2) is 0 Å². The molecule has 0 aromatic rings. The van der Waals surface area contributed by atoms with Crippen LogP contribution in [-0.2, 0) is 4.79 Å². The molecule has 122 valence electrons. The molecule has 2 aliphatic rings. The zero-order valence-corrected chi connectivity index (χ0v) is 14.8. The normalized spacial score (nSPS) is 32.8. The average Bonchev–Trinajstić information content (AvgIpc) is 2.83. The van der Waals surface area contributed by atoms with Crippen LogP contribution in [0.4, 0.5) is 0 Å². The van der Waals surface area contributed by atoms with Crippen molar-refractivity contribution in [3.8, 4) is 0 Å². The van der Waals surface area contributed by atoms with E-state index in [0.717, 1.165) is 19.3 Å². The van der Waals surface area contributed by atoms with Crippen LogP contribution in [0, 0.1) is 22.2 Å². The van der Waals surface area contributed by atoms with Gasteiger partial charge in [-0.05, 0) is 25.2 Å². The molecule has 2 saturated carbocycles. The predicted octanol–water partition coefficient (Wildman–Crippen LogP) is 3.47. The monoisotopic (exact) mass is 294 g/mol. The molecule has 2 fully saturated rings. The number of nitrogens with one attached hydrogen (secondary N) is 1. The third-order valence-electron chi connectivity index (χ3n) is 6.21. The Labute approximate surface area is 130 Å². The van der Waals surface area contributed by atoms with Gasteiger partial charge >= 0.3 is 0 Å². The summed E-state index contributed by atoms with van der Waals surface area (Å²) in [4.78, 5) is 13.0. The van der Waals surface area contributed by atoms with Gasteiger partial charge in [-0.15, -0.1) is 0 Å². The maximum Gasteiger partial charge on any atom is 0.226 e. The first-order chi connectivity index (χ1) is 9.54. The lowest BCUT2D eigenvalue weighted by atomic mass is 9.48. The lowest BCUT2D eigenvalue weighted by Gasteiger charge is -2.63. The molecule has 0 saturated heterocycles. The van der Waals surface area contributed by atoms with Gasteiger partial charge in [0.05, 0.1) is 0 Å². The molecule has 0 radical (unpaired) electrons. The molecule has 3 N–H and O–H groups in total. The Morgan fingerprint density at radius 2 is 1.62 bits per heavy atom. The predicted molar refractivity (Wildman–Crippen MR) is 87.8 cm³/mol. The topological polar surface area (TPSA) is 55.1 Å². The summed E-state index contributed by atoms with van der Waals surface area (Å²) in [6, 6.07) is 0.317. The summed E-state index contributed by atoms with van der Waals surface area (Å²) in [5.74, 6) is 0.852. The van der Waals surface area contributed by atoms with Crippen molar-refractivity contribution >= 4 is 5.91 Å². The lowest BCUT2D eigenvalue weighted by molar-refractivity contribution is -0.142. The van der Waals surface area contributed by atoms with E-state index in [0.29, 0.717) is 5.92 Å². The van der Waals surface area contributed by atoms with E-state index in [2.05, 4.69) is 46.9 Å². The number of carbonyl (C=O) groups is 1. The molecule has 2 rings (SSSR count). The first-order valence-corrected chi connectivity index (χ1v) is 8.60. The Morgan fingerprint density at radius 3 is 2.05 bits per heavy atom. The van der Waals surface area contributed by atoms with Crippen molar-refractivity contribution in [1.82, 2.24) is 5.32 Å². The second-order valence-corrected chi connectivity index (χ2v) is 9.11. The molecule has 1 amide bonds. The van der Waals surface area contributed by atoms with Crippen LogP contribution in [0.5, 0.6) is 0 Å². The van der Waals surface area contributed by atoms with E-state index in [1.165, 1.54) is 12.8 Å². The van der Waals surface area contributed by atoms with Crippen LogP contribution in [0.15, 0.2) is 0 Å². The van der Waals surface area contributed by atoms with Crippen LogP contribution in [0.3, 0.4) is 0 Å². The fourth-order valence-corrected chi connectivity index (χ4v) is 5.19. The second kappa shape index (κ2) is 5.26. The standard InChI is InChI=1S/C18H34N2O/c1-12(2)11-18(9-7-8-10-18)15(21)20-14-16(3,4)13(19)17(14,5)6/h12-14H,7-11,19H2,1-6H3,(H,20,21). The van der Waals surface area contributed by atoms with Crippen molar-refractivity contribution in [2.24, 2.45) is 27.9 Å². The van der Waals surface area contributed by atoms with Gasteiger partial charge in [0.1, 0.15) is 0 Å². The highest BCUT2D eigenvalue weighted by molar-refractivity contribution is 5.83. The molecule has 0 unspecified atom stereocenters. The van der Waals surface area contributed by atoms with Crippen LogP contribution in [0.2, 0.25) is 0 Å². The minimum atomic E-state index is -0.125. The molecular weight excluding hydrogens is 260 g/mol. The molecular formula is C18H34N2O. The summed E-state index contributed by atoms with van der Waals surface area (Å²) in [5, 5.41) is 3.40. The van der Waals surface area contributed by atoms with Crippen molar-refractivity contribution in [3.63, 3.8) is 0 Å². The highest BCUT2D eigenvalue weighted by Gasteiger charge is 2.61. The molecule has 3 heteroatoms. The Kier molecular flexibility index (Phi) is 4.20. The van der Waals surface area contributed by atoms with Gasteiger partial charge in [-0.1, -0.05) is 54.4 Å². The maximum absolute atomic E-state index is 13.0. The second-order valence-electron chi connectivity index (χ2n) is 9.11. The van der Waals surface area contributed by atoms with Crippen LogP contribution >= 0.6 is 0 Å². The third-order valence-corrected chi connectivity index (χ3v) is 6.21. The average molecular weight is 294 g/mol. The van der Waals surface area contributed by atoms with E-state index in [1.54, 1.807) is 0 Å². The Balaban J connectivity index is 2.13. The maximum atomic E-state index is 13.0. The van der Waals surface area contributed by atoms with Gasteiger partial charge in [0.25, 0.3) is 0 Å². The molecule has 0 bridgehead atoms. The SMILES string of the molecule is CC(C)CC1(C(=O)NC2C(C)(C)C(N)C2(C)C)CCCC1. The quantitative estimate of drug-likeness (QED) is 0.834. The molecule has 3 nitrogen and oxygen atoms in total. The van der Waals surface area contributed by atoms with Gasteiger partial charge in [-0.2, -0.15) is 0 Å². The molecule has 21 heavy (non-hydrogen) atoms. The lowest BCUT2D eigenvalue weighted by Crippen LogP contribution is -2.76. The molecule has 0 atom stereocenters. The van der Waals surface area contributed by atoms with Crippen LogP contribution in [0.25, 0.3) is 0 Å². The van der Waals surface area contributed by atoms with Crippen molar-refractivity contribution < 1.29 is 4.79 Å². The van der Waals surface area contributed by atoms with Gasteiger partial charge < -0.3 is 11.1 Å². The van der Waals surface area contributed by atoms with Crippen molar-refractivity contribution in [2.45, 2.75) is 85.7 Å². The highest BCUT2D eigenvalue weighted by Crippen LogP contribution is 2.53. The van der Waals surface area contributed by atoms with E-state index in [9.17, 15) is 4.79 Å². The summed E-state index contributed by atoms with van der Waals surface area (Å²) in [5.41, 5.74) is 6.16. The highest BCUT2D eigenvalue weighted by atomic mass is 16.2. The Bertz CT molecular complexity index is 389. The van der Waals surface area contributed by atoms with E-state index < -0.39 is 0 Å². The molecule has 2 aliphatic carbocycles. The summed E-state index contributed by atoms with van der Waals surface area (Å²) in [7, 11) is 0. The molecule has 0 aromatic heterocycles. The summed E-state index contributed by atoms with van der Waals surface area (Å²) in [6.45, 7) is 13.2. The van der Waals surface area contributed by atoms with Crippen molar-refractivity contribution in [3.05, 3.63) is 0 Å². The summed E-state index contributed by atoms with van der Waals surface area (Å²) < 4.78 is 0. The number of carbonyl (C=O) groups excluding carboxylic acids is 1. The number of hydrogen-bond donors (Lipinski definition) is 2. The van der Waals surface area contributed by atoms with Crippen LogP contribution in [-0.4, -0.2) is 18.0 Å². The summed E-state index contributed by atoms with van der Waals surface area (Å²) in [6.07, 6.45) is 5.50. The number of amides is 1. The first kappa shape index (κ1) is 16.8. The van der Waals surface area contributed by atoms with Crippen molar-refractivity contribution in [2.75, 3.05) is 0 Å². The fourth-order valence-electron chi connectivity index (χ4n) is 5.19. The zero-order valence-electron chi connectivity index (χ0n) is 14.8. The van der Waals surface area contributed by atoms with Gasteiger partial charge in [0.2, 0.25) is 5.91 Å². The van der Waals surface area contributed by atoms with E-state index in [1.807, 2.05) is 0 Å². The van der Waals surface area contributed by atoms with E-state index >= 15 is 0 Å². The largest absolute Gasteiger partial charge is 0.352 e. The zero-order chi connectivity index (χ0) is 16.1. The third kappa shape index (κ3) is 2.62. The van der Waals surface area contributed by atoms with Crippen molar-refractivity contribution in [1.29, 1.82) is 0 Å². The molecule has 0 heterocycles. The smallest absolute Gasteiger partial charge is 0.226 e. The van der Waals surface area contributed by atoms with E-state index in [-0.39, 0.29) is 34.2 Å². The van der Waals surface area contributed by atoms with Gasteiger partial charge in [0, 0.05) is 28.3 Å². The Morgan fingerprint density at radius 1 is 1.14 bits per heavy atom. The first-order valence-electron chi connectivity index (χ1n) is 8.60. The van der Waals surface area contributed by atoms with Gasteiger partial charge in [-0.25, -0.2) is 0 Å². The van der Waals surface area contributed by atoms with Gasteiger partial charge in [-0.3, -0.25) is 4.79 Å². The number of nitrogens with two attached hydrogens (primary N) is 1. The van der Waals surface area contributed by atoms with E-state index in [4.69, 9.17) is 5.73 Å². The van der Waals surface area contributed by atoms with Crippen LogP contribution in [0.1, 0.15) is 73.6 Å². The number of hydrogen-bond acceptors (Lipinski definition) is 2.